The second-order valence-corrected chi connectivity index (χ2v) is 9.53. The van der Waals surface area contributed by atoms with E-state index in [1.165, 1.54) is 23.1 Å². The number of ether oxygens (including phenoxy) is 2. The SMILES string of the molecule is COc1ccc(CCN(Cc2cccs2)C(=O)CN(C(=O)Nc2cccc(F)c2)C(C)C)cc1OC. The molecule has 1 heterocycles. The van der Waals surface area contributed by atoms with Crippen LogP contribution in [-0.2, 0) is 17.8 Å². The van der Waals surface area contributed by atoms with Crippen molar-refractivity contribution < 1.29 is 23.5 Å². The summed E-state index contributed by atoms with van der Waals surface area (Å²) in [5.41, 5.74) is 1.34. The zero-order valence-corrected chi connectivity index (χ0v) is 21.8. The molecule has 2 aromatic carbocycles. The molecule has 1 N–H and O–H groups in total. The number of amides is 3. The molecular weight excluding hydrogens is 481 g/mol. The van der Waals surface area contributed by atoms with E-state index in [-0.39, 0.29) is 18.5 Å². The zero-order chi connectivity index (χ0) is 26.1. The summed E-state index contributed by atoms with van der Waals surface area (Å²) in [7, 11) is 3.17. The topological polar surface area (TPSA) is 71.1 Å². The molecule has 36 heavy (non-hydrogen) atoms. The third kappa shape index (κ3) is 7.45. The molecule has 0 atom stereocenters. The first-order valence-corrected chi connectivity index (χ1v) is 12.5. The first-order valence-electron chi connectivity index (χ1n) is 11.6. The van der Waals surface area contributed by atoms with E-state index in [9.17, 15) is 14.0 Å². The Labute approximate surface area is 215 Å². The van der Waals surface area contributed by atoms with E-state index in [0.717, 1.165) is 10.4 Å². The number of thiophene rings is 1. The number of hydrogen-bond acceptors (Lipinski definition) is 5. The van der Waals surface area contributed by atoms with E-state index in [1.807, 2.05) is 49.6 Å². The van der Waals surface area contributed by atoms with Crippen LogP contribution in [0.2, 0.25) is 0 Å². The number of nitrogens with zero attached hydrogens (tertiary/aromatic N) is 2. The lowest BCUT2D eigenvalue weighted by atomic mass is 10.1. The molecule has 3 rings (SSSR count). The summed E-state index contributed by atoms with van der Waals surface area (Å²) < 4.78 is 24.3. The normalized spacial score (nSPS) is 10.7. The lowest BCUT2D eigenvalue weighted by Crippen LogP contribution is -2.47. The van der Waals surface area contributed by atoms with Gasteiger partial charge in [-0.3, -0.25) is 4.79 Å². The van der Waals surface area contributed by atoms with Gasteiger partial charge in [-0.2, -0.15) is 0 Å². The molecule has 0 saturated carbocycles. The van der Waals surface area contributed by atoms with Gasteiger partial charge in [-0.1, -0.05) is 18.2 Å². The zero-order valence-electron chi connectivity index (χ0n) is 21.0. The minimum absolute atomic E-state index is 0.101. The van der Waals surface area contributed by atoms with Gasteiger partial charge in [-0.25, -0.2) is 9.18 Å². The van der Waals surface area contributed by atoms with Crippen molar-refractivity contribution in [2.75, 3.05) is 32.6 Å². The molecule has 0 aliphatic rings. The molecule has 3 amide bonds. The van der Waals surface area contributed by atoms with Gasteiger partial charge in [0.15, 0.2) is 11.5 Å². The van der Waals surface area contributed by atoms with Crippen molar-refractivity contribution in [2.24, 2.45) is 0 Å². The van der Waals surface area contributed by atoms with Gasteiger partial charge in [-0.15, -0.1) is 11.3 Å². The molecule has 7 nitrogen and oxygen atoms in total. The molecule has 3 aromatic rings. The van der Waals surface area contributed by atoms with Gasteiger partial charge < -0.3 is 24.6 Å². The maximum Gasteiger partial charge on any atom is 0.322 e. The van der Waals surface area contributed by atoms with Crippen molar-refractivity contribution in [3.8, 4) is 11.5 Å². The van der Waals surface area contributed by atoms with E-state index in [0.29, 0.717) is 36.7 Å². The van der Waals surface area contributed by atoms with Crippen LogP contribution in [0.15, 0.2) is 60.0 Å². The monoisotopic (exact) mass is 513 g/mol. The third-order valence-electron chi connectivity index (χ3n) is 5.66. The van der Waals surface area contributed by atoms with Crippen LogP contribution in [-0.4, -0.2) is 55.1 Å². The largest absolute Gasteiger partial charge is 0.493 e. The van der Waals surface area contributed by atoms with Crippen LogP contribution in [0.25, 0.3) is 0 Å². The first-order chi connectivity index (χ1) is 17.3. The fourth-order valence-electron chi connectivity index (χ4n) is 3.68. The average Bonchev–Trinajstić information content (AvgIpc) is 3.37. The minimum atomic E-state index is -0.458. The average molecular weight is 514 g/mol. The molecule has 1 aromatic heterocycles. The van der Waals surface area contributed by atoms with Crippen molar-refractivity contribution >= 4 is 29.0 Å². The Hall–Kier alpha value is -3.59. The Morgan fingerprint density at radius 2 is 1.81 bits per heavy atom. The van der Waals surface area contributed by atoms with Gasteiger partial charge in [-0.05, 0) is 67.6 Å². The highest BCUT2D eigenvalue weighted by molar-refractivity contribution is 7.09. The second kappa shape index (κ2) is 12.9. The van der Waals surface area contributed by atoms with Crippen molar-refractivity contribution in [3.63, 3.8) is 0 Å². The molecular formula is C27H32FN3O4S. The fourth-order valence-corrected chi connectivity index (χ4v) is 4.40. The van der Waals surface area contributed by atoms with Gasteiger partial charge >= 0.3 is 6.03 Å². The highest BCUT2D eigenvalue weighted by Crippen LogP contribution is 2.28. The van der Waals surface area contributed by atoms with E-state index in [1.54, 1.807) is 36.5 Å². The van der Waals surface area contributed by atoms with E-state index in [4.69, 9.17) is 9.47 Å². The predicted octanol–water partition coefficient (Wildman–Crippen LogP) is 5.42. The number of halogens is 1. The predicted molar refractivity (Wildman–Crippen MR) is 140 cm³/mol. The number of rotatable bonds is 11. The van der Waals surface area contributed by atoms with Crippen molar-refractivity contribution in [1.29, 1.82) is 0 Å². The van der Waals surface area contributed by atoms with E-state index < -0.39 is 11.8 Å². The van der Waals surface area contributed by atoms with Crippen LogP contribution in [0.4, 0.5) is 14.9 Å². The summed E-state index contributed by atoms with van der Waals surface area (Å²) in [6.45, 7) is 4.48. The molecule has 0 fully saturated rings. The highest BCUT2D eigenvalue weighted by Gasteiger charge is 2.24. The molecule has 0 radical (unpaired) electrons. The van der Waals surface area contributed by atoms with Crippen molar-refractivity contribution in [2.45, 2.75) is 32.9 Å². The van der Waals surface area contributed by atoms with Crippen molar-refractivity contribution in [3.05, 3.63) is 76.2 Å². The summed E-state index contributed by atoms with van der Waals surface area (Å²) in [6, 6.07) is 14.6. The number of carbonyl (C=O) groups is 2. The second-order valence-electron chi connectivity index (χ2n) is 8.50. The number of nitrogens with one attached hydrogen (secondary N) is 1. The Morgan fingerprint density at radius 3 is 2.44 bits per heavy atom. The summed E-state index contributed by atoms with van der Waals surface area (Å²) in [6.07, 6.45) is 0.606. The van der Waals surface area contributed by atoms with Gasteiger partial charge in [0.2, 0.25) is 5.91 Å². The highest BCUT2D eigenvalue weighted by atomic mass is 32.1. The van der Waals surface area contributed by atoms with Crippen LogP contribution >= 0.6 is 11.3 Å². The van der Waals surface area contributed by atoms with Crippen molar-refractivity contribution in [1.82, 2.24) is 9.80 Å². The van der Waals surface area contributed by atoms with Crippen LogP contribution in [0.3, 0.4) is 0 Å². The van der Waals surface area contributed by atoms with Gasteiger partial charge in [0.1, 0.15) is 12.4 Å². The number of carbonyl (C=O) groups excluding carboxylic acids is 2. The quantitative estimate of drug-likeness (QED) is 0.372. The lowest BCUT2D eigenvalue weighted by Gasteiger charge is -2.30. The van der Waals surface area contributed by atoms with Crippen LogP contribution in [0.1, 0.15) is 24.3 Å². The number of urea groups is 1. The van der Waals surface area contributed by atoms with Crippen LogP contribution < -0.4 is 14.8 Å². The molecule has 0 spiro atoms. The maximum atomic E-state index is 13.5. The molecule has 0 aliphatic heterocycles. The van der Waals surface area contributed by atoms with E-state index in [2.05, 4.69) is 5.32 Å². The molecule has 9 heteroatoms. The minimum Gasteiger partial charge on any atom is -0.493 e. The Balaban J connectivity index is 1.73. The maximum absolute atomic E-state index is 13.5. The summed E-state index contributed by atoms with van der Waals surface area (Å²) >= 11 is 1.58. The number of hydrogen-bond donors (Lipinski definition) is 1. The fraction of sp³-hybridized carbons (Fsp3) is 0.333. The standard InChI is InChI=1S/C27H32FN3O4S/c1-19(2)31(27(33)29-22-8-5-7-21(28)16-22)18-26(32)30(17-23-9-6-14-36-23)13-12-20-10-11-24(34-3)25(15-20)35-4/h5-11,14-16,19H,12-13,17-18H2,1-4H3,(H,29,33). The number of anilines is 1. The third-order valence-corrected chi connectivity index (χ3v) is 6.52. The summed E-state index contributed by atoms with van der Waals surface area (Å²) in [5, 5.41) is 4.66. The van der Waals surface area contributed by atoms with Gasteiger partial charge in [0, 0.05) is 23.2 Å². The lowest BCUT2D eigenvalue weighted by molar-refractivity contribution is -0.132. The Bertz CT molecular complexity index is 1150. The van der Waals surface area contributed by atoms with Crippen LogP contribution in [0, 0.1) is 5.82 Å². The molecule has 0 unspecified atom stereocenters. The van der Waals surface area contributed by atoms with Gasteiger partial charge in [0.05, 0.1) is 20.8 Å². The molecule has 0 bridgehead atoms. The Morgan fingerprint density at radius 1 is 1.03 bits per heavy atom. The Kier molecular flexibility index (Phi) is 9.69. The number of benzene rings is 2. The summed E-state index contributed by atoms with van der Waals surface area (Å²) in [4.78, 5) is 30.7. The van der Waals surface area contributed by atoms with E-state index >= 15 is 0 Å². The molecule has 0 aliphatic carbocycles. The van der Waals surface area contributed by atoms with Gasteiger partial charge in [0.25, 0.3) is 0 Å². The smallest absolute Gasteiger partial charge is 0.322 e. The van der Waals surface area contributed by atoms with Crippen LogP contribution in [0.5, 0.6) is 11.5 Å². The molecule has 0 saturated heterocycles. The number of methoxy groups -OCH3 is 2. The first kappa shape index (κ1) is 27.0. The summed E-state index contributed by atoms with van der Waals surface area (Å²) in [5.74, 6) is 0.653. The molecule has 192 valence electrons.